The minimum Gasteiger partial charge on any atom is -0.481 e. The number of para-hydroxylation sites is 1. The zero-order valence-electron chi connectivity index (χ0n) is 11.8. The molecule has 0 saturated heterocycles. The molecule has 0 aliphatic carbocycles. The first-order valence-electron chi connectivity index (χ1n) is 6.84. The largest absolute Gasteiger partial charge is 0.481 e. The van der Waals surface area contributed by atoms with Gasteiger partial charge in [-0.05, 0) is 37.9 Å². The van der Waals surface area contributed by atoms with Crippen LogP contribution in [0.2, 0.25) is 0 Å². The van der Waals surface area contributed by atoms with Crippen LogP contribution in [0.25, 0.3) is 0 Å². The van der Waals surface area contributed by atoms with Gasteiger partial charge in [-0.25, -0.2) is 0 Å². The lowest BCUT2D eigenvalue weighted by Gasteiger charge is -2.24. The molecule has 0 spiro atoms. The molecule has 0 aliphatic heterocycles. The predicted molar refractivity (Wildman–Crippen MR) is 78.7 cm³/mol. The van der Waals surface area contributed by atoms with Gasteiger partial charge in [-0.1, -0.05) is 18.2 Å². The number of hydrogen-bond donors (Lipinski definition) is 2. The van der Waals surface area contributed by atoms with E-state index in [-0.39, 0.29) is 18.9 Å². The number of carbonyl (C=O) groups excluding carboxylic acids is 1. The Morgan fingerprint density at radius 1 is 1.20 bits per heavy atom. The molecule has 110 valence electrons. The van der Waals surface area contributed by atoms with Gasteiger partial charge in [0.2, 0.25) is 5.91 Å². The van der Waals surface area contributed by atoms with E-state index in [1.54, 1.807) is 4.90 Å². The number of nitrogens with two attached hydrogens (primary N) is 1. The van der Waals surface area contributed by atoms with E-state index in [1.807, 2.05) is 31.2 Å². The van der Waals surface area contributed by atoms with Crippen molar-refractivity contribution in [3.8, 4) is 0 Å². The van der Waals surface area contributed by atoms with Crippen molar-refractivity contribution < 1.29 is 14.7 Å². The summed E-state index contributed by atoms with van der Waals surface area (Å²) in [5, 5.41) is 8.82. The molecular formula is C15H22N2O3. The Bertz CT molecular complexity index is 460. The van der Waals surface area contributed by atoms with Gasteiger partial charge >= 0.3 is 5.97 Å². The van der Waals surface area contributed by atoms with Gasteiger partial charge in [0, 0.05) is 18.7 Å². The number of aryl methyl sites for hydroxylation is 1. The van der Waals surface area contributed by atoms with Gasteiger partial charge < -0.3 is 15.7 Å². The fourth-order valence-corrected chi connectivity index (χ4v) is 2.01. The molecule has 0 atom stereocenters. The maximum atomic E-state index is 12.3. The molecule has 0 aliphatic rings. The van der Waals surface area contributed by atoms with Gasteiger partial charge in [-0.2, -0.15) is 0 Å². The van der Waals surface area contributed by atoms with Gasteiger partial charge in [-0.3, -0.25) is 9.59 Å². The Labute approximate surface area is 119 Å². The third kappa shape index (κ3) is 5.01. The third-order valence-corrected chi connectivity index (χ3v) is 3.10. The molecule has 1 rings (SSSR count). The van der Waals surface area contributed by atoms with Crippen LogP contribution in [0.15, 0.2) is 24.3 Å². The molecule has 0 heterocycles. The van der Waals surface area contributed by atoms with E-state index in [9.17, 15) is 9.59 Å². The van der Waals surface area contributed by atoms with Crippen LogP contribution in [-0.4, -0.2) is 30.1 Å². The van der Waals surface area contributed by atoms with Crippen molar-refractivity contribution in [3.05, 3.63) is 29.8 Å². The molecule has 5 heteroatoms. The zero-order valence-corrected chi connectivity index (χ0v) is 11.8. The van der Waals surface area contributed by atoms with Gasteiger partial charge in [0.1, 0.15) is 0 Å². The molecular weight excluding hydrogens is 256 g/mol. The first-order chi connectivity index (χ1) is 9.56. The van der Waals surface area contributed by atoms with Crippen molar-refractivity contribution in [1.82, 2.24) is 0 Å². The number of anilines is 1. The van der Waals surface area contributed by atoms with Crippen molar-refractivity contribution in [1.29, 1.82) is 0 Å². The number of hydrogen-bond acceptors (Lipinski definition) is 3. The van der Waals surface area contributed by atoms with Gasteiger partial charge in [0.25, 0.3) is 0 Å². The molecule has 1 aromatic rings. The van der Waals surface area contributed by atoms with Crippen LogP contribution in [0.1, 0.15) is 31.2 Å². The first kappa shape index (κ1) is 16.2. The standard InChI is InChI=1S/C15H22N2O3/c1-12-6-2-3-7-13(12)17(11-9-15(19)20)14(18)8-4-5-10-16/h2-3,6-7H,4-5,8-11,16H2,1H3,(H,19,20). The summed E-state index contributed by atoms with van der Waals surface area (Å²) in [5.41, 5.74) is 7.17. The van der Waals surface area contributed by atoms with Gasteiger partial charge in [0.05, 0.1) is 6.42 Å². The molecule has 5 nitrogen and oxygen atoms in total. The average Bonchev–Trinajstić information content (AvgIpc) is 2.41. The van der Waals surface area contributed by atoms with Crippen molar-refractivity contribution in [2.24, 2.45) is 5.73 Å². The molecule has 0 fully saturated rings. The topological polar surface area (TPSA) is 83.6 Å². The predicted octanol–water partition coefficient (Wildman–Crippen LogP) is 1.93. The number of nitrogens with zero attached hydrogens (tertiary/aromatic N) is 1. The van der Waals surface area contributed by atoms with Crippen LogP contribution in [0.4, 0.5) is 5.69 Å². The summed E-state index contributed by atoms with van der Waals surface area (Å²) in [7, 11) is 0. The summed E-state index contributed by atoms with van der Waals surface area (Å²) in [4.78, 5) is 24.6. The minimum absolute atomic E-state index is 0.0472. The van der Waals surface area contributed by atoms with Gasteiger partial charge in [-0.15, -0.1) is 0 Å². The maximum absolute atomic E-state index is 12.3. The molecule has 0 unspecified atom stereocenters. The SMILES string of the molecule is Cc1ccccc1N(CCC(=O)O)C(=O)CCCCN. The fraction of sp³-hybridized carbons (Fsp3) is 0.467. The van der Waals surface area contributed by atoms with Gasteiger partial charge in [0.15, 0.2) is 0 Å². The Balaban J connectivity index is 2.82. The zero-order chi connectivity index (χ0) is 15.0. The summed E-state index contributed by atoms with van der Waals surface area (Å²) >= 11 is 0. The summed E-state index contributed by atoms with van der Waals surface area (Å²) < 4.78 is 0. The van der Waals surface area contributed by atoms with Crippen molar-refractivity contribution in [3.63, 3.8) is 0 Å². The molecule has 0 aromatic heterocycles. The number of aliphatic carboxylic acids is 1. The number of carboxylic acids is 1. The number of amides is 1. The monoisotopic (exact) mass is 278 g/mol. The second-order valence-electron chi connectivity index (χ2n) is 4.72. The number of carbonyl (C=O) groups is 2. The first-order valence-corrected chi connectivity index (χ1v) is 6.84. The molecule has 1 amide bonds. The highest BCUT2D eigenvalue weighted by Gasteiger charge is 2.17. The lowest BCUT2D eigenvalue weighted by Crippen LogP contribution is -2.33. The normalized spacial score (nSPS) is 10.3. The number of unbranched alkanes of at least 4 members (excludes halogenated alkanes) is 1. The number of rotatable bonds is 8. The van der Waals surface area contributed by atoms with E-state index in [2.05, 4.69) is 0 Å². The van der Waals surface area contributed by atoms with E-state index in [4.69, 9.17) is 10.8 Å². The van der Waals surface area contributed by atoms with E-state index < -0.39 is 5.97 Å². The molecule has 0 saturated carbocycles. The van der Waals surface area contributed by atoms with Crippen LogP contribution in [-0.2, 0) is 9.59 Å². The maximum Gasteiger partial charge on any atom is 0.305 e. The van der Waals surface area contributed by atoms with E-state index in [0.717, 1.165) is 24.1 Å². The molecule has 1 aromatic carbocycles. The smallest absolute Gasteiger partial charge is 0.305 e. The van der Waals surface area contributed by atoms with Crippen molar-refractivity contribution in [2.45, 2.75) is 32.6 Å². The van der Waals surface area contributed by atoms with Crippen LogP contribution in [0.3, 0.4) is 0 Å². The molecule has 0 bridgehead atoms. The summed E-state index contributed by atoms with van der Waals surface area (Å²) in [6.45, 7) is 2.67. The quantitative estimate of drug-likeness (QED) is 0.712. The highest BCUT2D eigenvalue weighted by atomic mass is 16.4. The number of benzene rings is 1. The van der Waals surface area contributed by atoms with Crippen molar-refractivity contribution >= 4 is 17.6 Å². The molecule has 20 heavy (non-hydrogen) atoms. The number of carboxylic acid groups (broad SMARTS) is 1. The van der Waals surface area contributed by atoms with E-state index in [0.29, 0.717) is 13.0 Å². The minimum atomic E-state index is -0.904. The lowest BCUT2D eigenvalue weighted by atomic mass is 10.1. The lowest BCUT2D eigenvalue weighted by molar-refractivity contribution is -0.136. The van der Waals surface area contributed by atoms with Crippen molar-refractivity contribution in [2.75, 3.05) is 18.0 Å². The van der Waals surface area contributed by atoms with E-state index in [1.165, 1.54) is 0 Å². The average molecular weight is 278 g/mol. The third-order valence-electron chi connectivity index (χ3n) is 3.10. The Hall–Kier alpha value is -1.88. The summed E-state index contributed by atoms with van der Waals surface area (Å²) in [6, 6.07) is 7.50. The fourth-order valence-electron chi connectivity index (χ4n) is 2.01. The summed E-state index contributed by atoms with van der Waals surface area (Å²) in [6.07, 6.45) is 1.86. The van der Waals surface area contributed by atoms with Crippen LogP contribution in [0, 0.1) is 6.92 Å². The van der Waals surface area contributed by atoms with Crippen LogP contribution >= 0.6 is 0 Å². The molecule has 0 radical (unpaired) electrons. The Morgan fingerprint density at radius 3 is 2.50 bits per heavy atom. The highest BCUT2D eigenvalue weighted by Crippen LogP contribution is 2.21. The summed E-state index contributed by atoms with van der Waals surface area (Å²) in [5.74, 6) is -0.952. The van der Waals surface area contributed by atoms with E-state index >= 15 is 0 Å². The second-order valence-corrected chi connectivity index (χ2v) is 4.72. The Kier molecular flexibility index (Phi) is 6.73. The van der Waals surface area contributed by atoms with Crippen LogP contribution < -0.4 is 10.6 Å². The highest BCUT2D eigenvalue weighted by molar-refractivity contribution is 5.94. The Morgan fingerprint density at radius 2 is 1.90 bits per heavy atom. The second kappa shape index (κ2) is 8.32. The van der Waals surface area contributed by atoms with Crippen LogP contribution in [0.5, 0.6) is 0 Å². The molecule has 3 N–H and O–H groups in total.